The zero-order valence-electron chi connectivity index (χ0n) is 17.7. The van der Waals surface area contributed by atoms with Gasteiger partial charge in [0.25, 0.3) is 0 Å². The van der Waals surface area contributed by atoms with Gasteiger partial charge in [0.15, 0.2) is 0 Å². The van der Waals surface area contributed by atoms with Crippen molar-refractivity contribution in [2.24, 2.45) is 0 Å². The molecule has 0 aromatic heterocycles. The highest BCUT2D eigenvalue weighted by Gasteiger charge is 2.38. The monoisotopic (exact) mass is 467 g/mol. The van der Waals surface area contributed by atoms with E-state index in [0.717, 1.165) is 24.7 Å². The number of hydrogen-bond acceptors (Lipinski definition) is 3. The molecule has 1 aromatic carbocycles. The van der Waals surface area contributed by atoms with Crippen LogP contribution in [0.25, 0.3) is 0 Å². The summed E-state index contributed by atoms with van der Waals surface area (Å²) in [6, 6.07) is 13.3. The SMILES string of the molecule is CC(CN1C2CCCC1CN(Cc1ccccc1)C2)N1CCCCC1.Cl.Cl.Cl.O. The molecule has 0 radical (unpaired) electrons. The van der Waals surface area contributed by atoms with Crippen LogP contribution in [0.4, 0.5) is 0 Å². The van der Waals surface area contributed by atoms with E-state index in [1.165, 1.54) is 76.8 Å². The van der Waals surface area contributed by atoms with Crippen molar-refractivity contribution in [1.29, 1.82) is 0 Å². The molecule has 0 aliphatic carbocycles. The molecule has 3 heterocycles. The van der Waals surface area contributed by atoms with Gasteiger partial charge >= 0.3 is 0 Å². The van der Waals surface area contributed by atoms with Gasteiger partial charge in [-0.2, -0.15) is 0 Å². The number of nitrogens with zero attached hydrogens (tertiary/aromatic N) is 3. The van der Waals surface area contributed by atoms with Gasteiger partial charge in [0.2, 0.25) is 0 Å². The van der Waals surface area contributed by atoms with Crippen molar-refractivity contribution in [3.05, 3.63) is 35.9 Å². The Hall–Kier alpha value is -0.0700. The van der Waals surface area contributed by atoms with Crippen LogP contribution >= 0.6 is 37.2 Å². The summed E-state index contributed by atoms with van der Waals surface area (Å²) in [7, 11) is 0. The van der Waals surface area contributed by atoms with Gasteiger partial charge in [-0.3, -0.25) is 14.7 Å². The fourth-order valence-electron chi connectivity index (χ4n) is 5.33. The topological polar surface area (TPSA) is 41.2 Å². The number of likely N-dealkylation sites (tertiary alicyclic amines) is 2. The Morgan fingerprint density at radius 3 is 2.03 bits per heavy atom. The summed E-state index contributed by atoms with van der Waals surface area (Å²) in [6.07, 6.45) is 8.48. The average Bonchev–Trinajstić information content (AvgIpc) is 2.64. The third-order valence-electron chi connectivity index (χ3n) is 6.69. The quantitative estimate of drug-likeness (QED) is 0.655. The normalized spacial score (nSPS) is 26.1. The highest BCUT2D eigenvalue weighted by atomic mass is 35.5. The molecule has 2 N–H and O–H groups in total. The summed E-state index contributed by atoms with van der Waals surface area (Å²) in [6.45, 7) is 10.1. The van der Waals surface area contributed by atoms with Gasteiger partial charge in [-0.1, -0.05) is 43.2 Å². The van der Waals surface area contributed by atoms with Crippen LogP contribution in [0.1, 0.15) is 51.0 Å². The van der Waals surface area contributed by atoms with Crippen LogP contribution in [0.2, 0.25) is 0 Å². The number of piperidine rings is 2. The molecule has 7 heteroatoms. The number of halogens is 3. The molecular weight excluding hydrogens is 429 g/mol. The van der Waals surface area contributed by atoms with Crippen LogP contribution in [0.3, 0.4) is 0 Å². The van der Waals surface area contributed by atoms with Gasteiger partial charge in [0.1, 0.15) is 0 Å². The van der Waals surface area contributed by atoms with Crippen LogP contribution in [-0.2, 0) is 6.54 Å². The van der Waals surface area contributed by atoms with E-state index in [2.05, 4.69) is 52.0 Å². The number of piperazine rings is 1. The average molecular weight is 469 g/mol. The lowest BCUT2D eigenvalue weighted by Crippen LogP contribution is -2.62. The van der Waals surface area contributed by atoms with E-state index in [-0.39, 0.29) is 42.7 Å². The Morgan fingerprint density at radius 2 is 1.45 bits per heavy atom. The van der Waals surface area contributed by atoms with Gasteiger partial charge in [-0.15, -0.1) is 37.2 Å². The second kappa shape index (κ2) is 14.1. The molecule has 29 heavy (non-hydrogen) atoms. The van der Waals surface area contributed by atoms with Crippen molar-refractivity contribution in [3.63, 3.8) is 0 Å². The van der Waals surface area contributed by atoms with Crippen molar-refractivity contribution in [3.8, 4) is 0 Å². The van der Waals surface area contributed by atoms with Crippen LogP contribution in [0, 0.1) is 0 Å². The predicted octanol–water partition coefficient (Wildman–Crippen LogP) is 4.04. The first-order valence-corrected chi connectivity index (χ1v) is 10.6. The van der Waals surface area contributed by atoms with Gasteiger partial charge < -0.3 is 5.48 Å². The van der Waals surface area contributed by atoms with Crippen LogP contribution < -0.4 is 0 Å². The van der Waals surface area contributed by atoms with Gasteiger partial charge in [-0.05, 0) is 51.3 Å². The molecule has 3 aliphatic heterocycles. The van der Waals surface area contributed by atoms with Crippen molar-refractivity contribution in [1.82, 2.24) is 14.7 Å². The van der Waals surface area contributed by atoms with E-state index in [0.29, 0.717) is 0 Å². The lowest BCUT2D eigenvalue weighted by atomic mass is 9.90. The maximum Gasteiger partial charge on any atom is 0.0235 e. The minimum absolute atomic E-state index is 0. The molecule has 1 aromatic rings. The molecule has 3 unspecified atom stereocenters. The molecule has 3 aliphatic rings. The Labute approximate surface area is 195 Å². The maximum atomic E-state index is 2.89. The number of rotatable bonds is 5. The molecule has 4 rings (SSSR count). The zero-order valence-corrected chi connectivity index (χ0v) is 20.1. The van der Waals surface area contributed by atoms with E-state index in [1.807, 2.05) is 0 Å². The standard InChI is InChI=1S/C22H35N3.3ClH.H2O/c1-19(24-13-6-3-7-14-24)15-25-21-11-8-12-22(25)18-23(17-21)16-20-9-4-2-5-10-20;;;;/h2,4-5,9-10,19,21-22H,3,6-8,11-18H2,1H3;3*1H;1H2. The smallest absolute Gasteiger partial charge is 0.0235 e. The molecule has 4 nitrogen and oxygen atoms in total. The summed E-state index contributed by atoms with van der Waals surface area (Å²) < 4.78 is 0. The van der Waals surface area contributed by atoms with Crippen LogP contribution in [0.5, 0.6) is 0 Å². The second-order valence-corrected chi connectivity index (χ2v) is 8.56. The molecule has 170 valence electrons. The highest BCUT2D eigenvalue weighted by molar-refractivity contribution is 5.86. The number of hydrogen-bond donors (Lipinski definition) is 0. The largest absolute Gasteiger partial charge is 0.412 e. The Balaban J connectivity index is 0.00000196. The molecule has 3 fully saturated rings. The van der Waals surface area contributed by atoms with Crippen molar-refractivity contribution < 1.29 is 5.48 Å². The molecule has 3 atom stereocenters. The van der Waals surface area contributed by atoms with E-state index in [4.69, 9.17) is 0 Å². The minimum atomic E-state index is 0. The molecule has 3 saturated heterocycles. The van der Waals surface area contributed by atoms with Gasteiger partial charge in [-0.25, -0.2) is 0 Å². The van der Waals surface area contributed by atoms with Gasteiger partial charge in [0, 0.05) is 44.3 Å². The first kappa shape index (κ1) is 28.9. The summed E-state index contributed by atoms with van der Waals surface area (Å²) >= 11 is 0. The van der Waals surface area contributed by atoms with E-state index in [1.54, 1.807) is 0 Å². The second-order valence-electron chi connectivity index (χ2n) is 8.56. The zero-order chi connectivity index (χ0) is 17.1. The van der Waals surface area contributed by atoms with Crippen molar-refractivity contribution in [2.45, 2.75) is 70.1 Å². The summed E-state index contributed by atoms with van der Waals surface area (Å²) in [4.78, 5) is 8.35. The van der Waals surface area contributed by atoms with E-state index < -0.39 is 0 Å². The first-order chi connectivity index (χ1) is 12.3. The van der Waals surface area contributed by atoms with Crippen molar-refractivity contribution >= 4 is 37.2 Å². The first-order valence-electron chi connectivity index (χ1n) is 10.6. The third kappa shape index (κ3) is 7.53. The molecule has 0 saturated carbocycles. The Bertz CT molecular complexity index is 531. The fraction of sp³-hybridized carbons (Fsp3) is 0.727. The summed E-state index contributed by atoms with van der Waals surface area (Å²) in [5.74, 6) is 0. The molecule has 2 bridgehead atoms. The minimum Gasteiger partial charge on any atom is -0.412 e. The molecule has 0 spiro atoms. The van der Waals surface area contributed by atoms with E-state index >= 15 is 0 Å². The summed E-state index contributed by atoms with van der Waals surface area (Å²) in [5.41, 5.74) is 1.47. The third-order valence-corrected chi connectivity index (χ3v) is 6.69. The number of fused-ring (bicyclic) bond motifs is 2. The Kier molecular flexibility index (Phi) is 14.0. The number of benzene rings is 1. The van der Waals surface area contributed by atoms with Crippen LogP contribution in [-0.4, -0.2) is 71.0 Å². The highest BCUT2D eigenvalue weighted by Crippen LogP contribution is 2.30. The predicted molar refractivity (Wildman–Crippen MR) is 130 cm³/mol. The van der Waals surface area contributed by atoms with Gasteiger partial charge in [0.05, 0.1) is 0 Å². The maximum absolute atomic E-state index is 2.89. The Morgan fingerprint density at radius 1 is 0.862 bits per heavy atom. The van der Waals surface area contributed by atoms with Crippen LogP contribution in [0.15, 0.2) is 30.3 Å². The molecule has 0 amide bonds. The fourth-order valence-corrected chi connectivity index (χ4v) is 5.33. The van der Waals surface area contributed by atoms with E-state index in [9.17, 15) is 0 Å². The molecular formula is C22H40Cl3N3O. The lowest BCUT2D eigenvalue weighted by molar-refractivity contribution is -0.0278. The lowest BCUT2D eigenvalue weighted by Gasteiger charge is -2.52. The summed E-state index contributed by atoms with van der Waals surface area (Å²) in [5, 5.41) is 0. The van der Waals surface area contributed by atoms with Crippen molar-refractivity contribution in [2.75, 3.05) is 32.7 Å².